The summed E-state index contributed by atoms with van der Waals surface area (Å²) in [6.07, 6.45) is 2.95. The van der Waals surface area contributed by atoms with Crippen molar-refractivity contribution in [2.24, 2.45) is 0 Å². The molecule has 23 heavy (non-hydrogen) atoms. The molecule has 120 valence electrons. The van der Waals surface area contributed by atoms with Crippen LogP contribution in [0.4, 0.5) is 4.79 Å². The van der Waals surface area contributed by atoms with E-state index >= 15 is 0 Å². The standard InChI is InChI=1S/C16H18N4O2S/c1-9-11-4-3-5-13(11)19-14(12(9)8-17)23-10(2)15(21)20-7-6-18-16(20)22/h10H,3-7H2,1-2H3,(H,18,22)/t10-/m0/s1. The van der Waals surface area contributed by atoms with Gasteiger partial charge in [-0.1, -0.05) is 11.8 Å². The summed E-state index contributed by atoms with van der Waals surface area (Å²) in [5, 5.41) is 12.2. The molecular formula is C16H18N4O2S. The maximum absolute atomic E-state index is 12.4. The molecule has 1 saturated heterocycles. The molecule has 1 aliphatic carbocycles. The smallest absolute Gasteiger partial charge is 0.324 e. The maximum Gasteiger partial charge on any atom is 0.324 e. The average Bonchev–Trinajstić information content (AvgIpc) is 3.15. The summed E-state index contributed by atoms with van der Waals surface area (Å²) >= 11 is 1.27. The second-order valence-electron chi connectivity index (χ2n) is 5.79. The quantitative estimate of drug-likeness (QED) is 0.854. The number of amides is 3. The number of hydrogen-bond donors (Lipinski definition) is 1. The SMILES string of the molecule is Cc1c(C#N)c(S[C@@H](C)C(=O)N2CCNC2=O)nc2c1CCC2. The molecule has 1 N–H and O–H groups in total. The molecule has 0 saturated carbocycles. The van der Waals surface area contributed by atoms with E-state index in [4.69, 9.17) is 0 Å². The first-order valence-corrected chi connectivity index (χ1v) is 8.59. The number of thioether (sulfide) groups is 1. The third-order valence-corrected chi connectivity index (χ3v) is 5.41. The van der Waals surface area contributed by atoms with Crippen LogP contribution in [-0.4, -0.2) is 40.2 Å². The predicted molar refractivity (Wildman–Crippen MR) is 86.1 cm³/mol. The molecule has 3 amide bonds. The van der Waals surface area contributed by atoms with Crippen LogP contribution in [0.15, 0.2) is 5.03 Å². The van der Waals surface area contributed by atoms with Gasteiger partial charge < -0.3 is 5.32 Å². The highest BCUT2D eigenvalue weighted by molar-refractivity contribution is 8.00. The van der Waals surface area contributed by atoms with E-state index in [1.165, 1.54) is 22.2 Å². The normalized spacial score (nSPS) is 17.6. The summed E-state index contributed by atoms with van der Waals surface area (Å²) in [5.41, 5.74) is 3.77. The Hall–Kier alpha value is -2.07. The summed E-state index contributed by atoms with van der Waals surface area (Å²) in [4.78, 5) is 29.9. The fourth-order valence-corrected chi connectivity index (χ4v) is 4.12. The van der Waals surface area contributed by atoms with E-state index in [2.05, 4.69) is 16.4 Å². The van der Waals surface area contributed by atoms with Gasteiger partial charge in [-0.25, -0.2) is 9.78 Å². The Kier molecular flexibility index (Phi) is 4.26. The number of urea groups is 1. The molecule has 3 rings (SSSR count). The Morgan fingerprint density at radius 2 is 2.26 bits per heavy atom. The van der Waals surface area contributed by atoms with E-state index in [9.17, 15) is 14.9 Å². The maximum atomic E-state index is 12.4. The van der Waals surface area contributed by atoms with Gasteiger partial charge in [0.2, 0.25) is 5.91 Å². The largest absolute Gasteiger partial charge is 0.336 e. The minimum Gasteiger partial charge on any atom is -0.336 e. The molecule has 0 unspecified atom stereocenters. The summed E-state index contributed by atoms with van der Waals surface area (Å²) < 4.78 is 0. The Balaban J connectivity index is 1.85. The number of hydrogen-bond acceptors (Lipinski definition) is 5. The highest BCUT2D eigenvalue weighted by Gasteiger charge is 2.31. The van der Waals surface area contributed by atoms with Crippen molar-refractivity contribution in [3.05, 3.63) is 22.4 Å². The first-order chi connectivity index (χ1) is 11.0. The topological polar surface area (TPSA) is 86.1 Å². The van der Waals surface area contributed by atoms with Crippen LogP contribution in [-0.2, 0) is 17.6 Å². The van der Waals surface area contributed by atoms with Crippen LogP contribution in [0.1, 0.15) is 35.7 Å². The second kappa shape index (κ2) is 6.20. The number of fused-ring (bicyclic) bond motifs is 1. The Morgan fingerprint density at radius 3 is 2.91 bits per heavy atom. The number of nitrogens with zero attached hydrogens (tertiary/aromatic N) is 3. The molecule has 0 spiro atoms. The minimum atomic E-state index is -0.461. The molecule has 1 aromatic heterocycles. The van der Waals surface area contributed by atoms with Crippen LogP contribution < -0.4 is 5.32 Å². The van der Waals surface area contributed by atoms with E-state index < -0.39 is 5.25 Å². The van der Waals surface area contributed by atoms with E-state index in [-0.39, 0.29) is 11.9 Å². The minimum absolute atomic E-state index is 0.242. The van der Waals surface area contributed by atoms with Crippen molar-refractivity contribution in [2.45, 2.75) is 43.4 Å². The highest BCUT2D eigenvalue weighted by atomic mass is 32.2. The van der Waals surface area contributed by atoms with Crippen molar-refractivity contribution in [2.75, 3.05) is 13.1 Å². The fraction of sp³-hybridized carbons (Fsp3) is 0.500. The Labute approximate surface area is 139 Å². The lowest BCUT2D eigenvalue weighted by Gasteiger charge is -2.18. The molecule has 0 bridgehead atoms. The molecular weight excluding hydrogens is 312 g/mol. The monoisotopic (exact) mass is 330 g/mol. The van der Waals surface area contributed by atoms with Gasteiger partial charge in [-0.05, 0) is 44.2 Å². The summed E-state index contributed by atoms with van der Waals surface area (Å²) in [5.74, 6) is -0.242. The Bertz CT molecular complexity index is 726. The average molecular weight is 330 g/mol. The molecule has 6 nitrogen and oxygen atoms in total. The number of nitriles is 1. The Morgan fingerprint density at radius 1 is 1.48 bits per heavy atom. The first kappa shape index (κ1) is 15.8. The van der Waals surface area contributed by atoms with Gasteiger partial charge in [0.25, 0.3) is 0 Å². The van der Waals surface area contributed by atoms with Crippen LogP contribution in [0.25, 0.3) is 0 Å². The van der Waals surface area contributed by atoms with E-state index in [0.29, 0.717) is 23.7 Å². The zero-order chi connectivity index (χ0) is 16.6. The van der Waals surface area contributed by atoms with Crippen LogP contribution in [0.2, 0.25) is 0 Å². The highest BCUT2D eigenvalue weighted by Crippen LogP contribution is 2.33. The molecule has 1 aliphatic heterocycles. The molecule has 2 aliphatic rings. The lowest BCUT2D eigenvalue weighted by atomic mass is 10.0. The van der Waals surface area contributed by atoms with E-state index in [0.717, 1.165) is 30.5 Å². The fourth-order valence-electron chi connectivity index (χ4n) is 3.08. The number of nitrogens with one attached hydrogen (secondary N) is 1. The molecule has 2 heterocycles. The summed E-state index contributed by atoms with van der Waals surface area (Å²) in [7, 11) is 0. The van der Waals surface area contributed by atoms with E-state index in [1.807, 2.05) is 6.92 Å². The number of aryl methyl sites for hydroxylation is 1. The third-order valence-electron chi connectivity index (χ3n) is 4.34. The molecule has 1 aromatic rings. The van der Waals surface area contributed by atoms with Gasteiger partial charge in [-0.3, -0.25) is 9.69 Å². The molecule has 1 atom stereocenters. The number of rotatable bonds is 3. The van der Waals surface area contributed by atoms with Gasteiger partial charge in [0.15, 0.2) is 0 Å². The van der Waals surface area contributed by atoms with Crippen molar-refractivity contribution in [3.63, 3.8) is 0 Å². The van der Waals surface area contributed by atoms with Gasteiger partial charge in [0.1, 0.15) is 11.1 Å². The van der Waals surface area contributed by atoms with Gasteiger partial charge in [-0.15, -0.1) is 0 Å². The zero-order valence-electron chi connectivity index (χ0n) is 13.2. The molecule has 7 heteroatoms. The number of pyridine rings is 1. The second-order valence-corrected chi connectivity index (χ2v) is 7.12. The van der Waals surface area contributed by atoms with Gasteiger partial charge in [-0.2, -0.15) is 5.26 Å². The van der Waals surface area contributed by atoms with Crippen molar-refractivity contribution in [1.29, 1.82) is 5.26 Å². The van der Waals surface area contributed by atoms with Gasteiger partial charge >= 0.3 is 6.03 Å². The van der Waals surface area contributed by atoms with Crippen molar-refractivity contribution in [1.82, 2.24) is 15.2 Å². The molecule has 0 radical (unpaired) electrons. The van der Waals surface area contributed by atoms with Crippen LogP contribution in [0.5, 0.6) is 0 Å². The summed E-state index contributed by atoms with van der Waals surface area (Å²) in [6.45, 7) is 4.59. The van der Waals surface area contributed by atoms with E-state index in [1.54, 1.807) is 6.92 Å². The molecule has 1 fully saturated rings. The lowest BCUT2D eigenvalue weighted by Crippen LogP contribution is -2.39. The van der Waals surface area contributed by atoms with Crippen molar-refractivity contribution in [3.8, 4) is 6.07 Å². The van der Waals surface area contributed by atoms with Crippen LogP contribution in [0, 0.1) is 18.3 Å². The van der Waals surface area contributed by atoms with Gasteiger partial charge in [0, 0.05) is 18.8 Å². The van der Waals surface area contributed by atoms with Crippen LogP contribution >= 0.6 is 11.8 Å². The lowest BCUT2D eigenvalue weighted by molar-refractivity contribution is -0.126. The number of aromatic nitrogens is 1. The van der Waals surface area contributed by atoms with Crippen molar-refractivity contribution < 1.29 is 9.59 Å². The van der Waals surface area contributed by atoms with Gasteiger partial charge in [0.05, 0.1) is 10.8 Å². The number of imide groups is 1. The first-order valence-electron chi connectivity index (χ1n) is 7.71. The molecule has 0 aromatic carbocycles. The number of carbonyl (C=O) groups excluding carboxylic acids is 2. The van der Waals surface area contributed by atoms with Crippen LogP contribution in [0.3, 0.4) is 0 Å². The zero-order valence-corrected chi connectivity index (χ0v) is 14.0. The third kappa shape index (κ3) is 2.79. The summed E-state index contributed by atoms with van der Waals surface area (Å²) in [6, 6.07) is 1.88. The predicted octanol–water partition coefficient (Wildman–Crippen LogP) is 1.78. The number of carbonyl (C=O) groups is 2. The van der Waals surface area contributed by atoms with Crippen molar-refractivity contribution >= 4 is 23.7 Å².